The van der Waals surface area contributed by atoms with Crippen molar-refractivity contribution in [2.45, 2.75) is 42.9 Å². The first-order valence-corrected chi connectivity index (χ1v) is 11.8. The van der Waals surface area contributed by atoms with E-state index in [-0.39, 0.29) is 18.7 Å². The van der Waals surface area contributed by atoms with Crippen LogP contribution in [0.1, 0.15) is 30.5 Å². The molecule has 8 nitrogen and oxygen atoms in total. The van der Waals surface area contributed by atoms with Gasteiger partial charge in [0.2, 0.25) is 0 Å². The maximum Gasteiger partial charge on any atom is 0.262 e. The first-order valence-electron chi connectivity index (χ1n) is 10.4. The Balaban J connectivity index is 1.40. The molecule has 166 valence electrons. The Hall–Kier alpha value is -3.35. The van der Waals surface area contributed by atoms with Gasteiger partial charge in [-0.1, -0.05) is 47.6 Å². The first-order chi connectivity index (χ1) is 16.2. The van der Waals surface area contributed by atoms with Crippen LogP contribution in [0.3, 0.4) is 0 Å². The van der Waals surface area contributed by atoms with Crippen LogP contribution in [0.2, 0.25) is 5.02 Å². The number of hydrogen-bond acceptors (Lipinski definition) is 7. The standard InChI is InChI=1S/C23H19ClN6O2S/c24-17-6-2-4-8-19(17)32-13-20-27-28-23(30(20)15-9-10-15)33-14-21-26-18-7-3-1-5-16(18)22(31)29(21)12-11-25/h1-8,15H,9-10,12-14H2. The van der Waals surface area contributed by atoms with Gasteiger partial charge < -0.3 is 4.74 Å². The Morgan fingerprint density at radius 2 is 1.91 bits per heavy atom. The molecule has 2 aromatic carbocycles. The summed E-state index contributed by atoms with van der Waals surface area (Å²) < 4.78 is 9.39. The van der Waals surface area contributed by atoms with E-state index in [2.05, 4.69) is 25.8 Å². The second-order valence-corrected chi connectivity index (χ2v) is 8.95. The molecular formula is C23H19ClN6O2S. The summed E-state index contributed by atoms with van der Waals surface area (Å²) in [6, 6.07) is 16.9. The number of halogens is 1. The van der Waals surface area contributed by atoms with Crippen molar-refractivity contribution in [3.8, 4) is 11.8 Å². The number of aromatic nitrogens is 5. The zero-order chi connectivity index (χ0) is 22.8. The number of fused-ring (bicyclic) bond motifs is 1. The molecule has 10 heteroatoms. The lowest BCUT2D eigenvalue weighted by Gasteiger charge is -2.12. The number of nitriles is 1. The molecule has 0 amide bonds. The van der Waals surface area contributed by atoms with Gasteiger partial charge in [-0.15, -0.1) is 10.2 Å². The fraction of sp³-hybridized carbons (Fsp3) is 0.261. The van der Waals surface area contributed by atoms with Crippen LogP contribution in [0.5, 0.6) is 5.75 Å². The number of para-hydroxylation sites is 2. The molecule has 5 rings (SSSR count). The molecular weight excluding hydrogens is 460 g/mol. The van der Waals surface area contributed by atoms with Gasteiger partial charge >= 0.3 is 0 Å². The van der Waals surface area contributed by atoms with Gasteiger partial charge in [-0.25, -0.2) is 4.98 Å². The van der Waals surface area contributed by atoms with E-state index in [1.165, 1.54) is 16.3 Å². The molecule has 1 saturated carbocycles. The van der Waals surface area contributed by atoms with Gasteiger partial charge in [-0.2, -0.15) is 5.26 Å². The highest BCUT2D eigenvalue weighted by Crippen LogP contribution is 2.39. The van der Waals surface area contributed by atoms with E-state index >= 15 is 0 Å². The summed E-state index contributed by atoms with van der Waals surface area (Å²) in [5.74, 6) is 2.24. The second-order valence-electron chi connectivity index (χ2n) is 7.60. The molecule has 2 heterocycles. The highest BCUT2D eigenvalue weighted by atomic mass is 35.5. The molecule has 0 saturated heterocycles. The minimum Gasteiger partial charge on any atom is -0.484 e. The number of nitrogens with zero attached hydrogens (tertiary/aromatic N) is 6. The van der Waals surface area contributed by atoms with Crippen LogP contribution in [0.4, 0.5) is 0 Å². The molecule has 1 fully saturated rings. The summed E-state index contributed by atoms with van der Waals surface area (Å²) in [4.78, 5) is 17.5. The molecule has 0 atom stereocenters. The predicted octanol–water partition coefficient (Wildman–Crippen LogP) is 4.37. The van der Waals surface area contributed by atoms with Gasteiger partial charge in [0.1, 0.15) is 24.7 Å². The highest BCUT2D eigenvalue weighted by molar-refractivity contribution is 7.98. The average Bonchev–Trinajstić information content (AvgIpc) is 3.59. The summed E-state index contributed by atoms with van der Waals surface area (Å²) in [6.45, 7) is 0.194. The molecule has 1 aliphatic carbocycles. The lowest BCUT2D eigenvalue weighted by molar-refractivity contribution is 0.288. The normalized spacial score (nSPS) is 13.2. The van der Waals surface area contributed by atoms with Crippen molar-refractivity contribution in [3.05, 3.63) is 75.6 Å². The lowest BCUT2D eigenvalue weighted by atomic mass is 10.2. The summed E-state index contributed by atoms with van der Waals surface area (Å²) in [5.41, 5.74) is 0.403. The number of rotatable bonds is 8. The summed E-state index contributed by atoms with van der Waals surface area (Å²) in [6.07, 6.45) is 2.11. The zero-order valence-electron chi connectivity index (χ0n) is 17.5. The van der Waals surface area contributed by atoms with E-state index < -0.39 is 0 Å². The van der Waals surface area contributed by atoms with E-state index in [0.29, 0.717) is 39.3 Å². The summed E-state index contributed by atoms with van der Waals surface area (Å²) in [5, 5.41) is 19.7. The lowest BCUT2D eigenvalue weighted by Crippen LogP contribution is -2.24. The number of ether oxygens (including phenoxy) is 1. The SMILES string of the molecule is N#CCn1c(CSc2nnc(COc3ccccc3Cl)n2C2CC2)nc2ccccc2c1=O. The third-order valence-corrected chi connectivity index (χ3v) is 6.59. The van der Waals surface area contributed by atoms with Crippen molar-refractivity contribution in [1.29, 1.82) is 5.26 Å². The van der Waals surface area contributed by atoms with Crippen LogP contribution in [-0.2, 0) is 18.9 Å². The van der Waals surface area contributed by atoms with Gasteiger partial charge in [0, 0.05) is 6.04 Å². The van der Waals surface area contributed by atoms with E-state index in [1.807, 2.05) is 24.3 Å². The smallest absolute Gasteiger partial charge is 0.262 e. The van der Waals surface area contributed by atoms with E-state index in [0.717, 1.165) is 23.8 Å². The third-order valence-electron chi connectivity index (χ3n) is 5.34. The minimum atomic E-state index is -0.213. The second kappa shape index (κ2) is 9.25. The molecule has 0 bridgehead atoms. The van der Waals surface area contributed by atoms with E-state index in [1.54, 1.807) is 24.3 Å². The van der Waals surface area contributed by atoms with Crippen LogP contribution >= 0.6 is 23.4 Å². The van der Waals surface area contributed by atoms with Crippen LogP contribution in [-0.4, -0.2) is 24.3 Å². The fourth-order valence-electron chi connectivity index (χ4n) is 3.59. The van der Waals surface area contributed by atoms with Crippen LogP contribution in [0.25, 0.3) is 10.9 Å². The van der Waals surface area contributed by atoms with Crippen molar-refractivity contribution < 1.29 is 4.74 Å². The van der Waals surface area contributed by atoms with Gasteiger partial charge in [0.15, 0.2) is 11.0 Å². The maximum atomic E-state index is 12.9. The molecule has 0 unspecified atom stereocenters. The zero-order valence-corrected chi connectivity index (χ0v) is 19.1. The Morgan fingerprint density at radius 3 is 2.70 bits per heavy atom. The van der Waals surface area contributed by atoms with Crippen molar-refractivity contribution in [1.82, 2.24) is 24.3 Å². The van der Waals surface area contributed by atoms with Crippen LogP contribution in [0.15, 0.2) is 58.5 Å². The van der Waals surface area contributed by atoms with Crippen molar-refractivity contribution >= 4 is 34.3 Å². The van der Waals surface area contributed by atoms with Crippen molar-refractivity contribution in [3.63, 3.8) is 0 Å². The van der Waals surface area contributed by atoms with E-state index in [4.69, 9.17) is 16.3 Å². The van der Waals surface area contributed by atoms with Crippen molar-refractivity contribution in [2.24, 2.45) is 0 Å². The largest absolute Gasteiger partial charge is 0.484 e. The van der Waals surface area contributed by atoms with Gasteiger partial charge in [0.05, 0.1) is 27.7 Å². The predicted molar refractivity (Wildman–Crippen MR) is 125 cm³/mol. The van der Waals surface area contributed by atoms with Crippen molar-refractivity contribution in [2.75, 3.05) is 0 Å². The Morgan fingerprint density at radius 1 is 1.12 bits per heavy atom. The summed E-state index contributed by atoms with van der Waals surface area (Å²) >= 11 is 7.64. The highest BCUT2D eigenvalue weighted by Gasteiger charge is 2.30. The maximum absolute atomic E-state index is 12.9. The van der Waals surface area contributed by atoms with Gasteiger partial charge in [-0.05, 0) is 37.1 Å². The number of hydrogen-bond donors (Lipinski definition) is 0. The minimum absolute atomic E-state index is 0.0567. The molecule has 4 aromatic rings. The van der Waals surface area contributed by atoms with Gasteiger partial charge in [0.25, 0.3) is 5.56 Å². The molecule has 1 aliphatic rings. The average molecular weight is 479 g/mol. The Kier molecular flexibility index (Phi) is 6.03. The Labute approximate surface area is 198 Å². The summed E-state index contributed by atoms with van der Waals surface area (Å²) in [7, 11) is 0. The monoisotopic (exact) mass is 478 g/mol. The first kappa shape index (κ1) is 21.5. The molecule has 0 spiro atoms. The molecule has 2 aromatic heterocycles. The number of thioether (sulfide) groups is 1. The Bertz CT molecular complexity index is 1420. The number of benzene rings is 2. The van der Waals surface area contributed by atoms with Crippen LogP contribution in [0, 0.1) is 11.3 Å². The van der Waals surface area contributed by atoms with Gasteiger partial charge in [-0.3, -0.25) is 13.9 Å². The van der Waals surface area contributed by atoms with E-state index in [9.17, 15) is 10.1 Å². The molecule has 0 N–H and O–H groups in total. The quantitative estimate of drug-likeness (QED) is 0.347. The molecule has 0 radical (unpaired) electrons. The third kappa shape index (κ3) is 4.45. The van der Waals surface area contributed by atoms with Crippen LogP contribution < -0.4 is 10.3 Å². The fourth-order valence-corrected chi connectivity index (χ4v) is 4.76. The molecule has 33 heavy (non-hydrogen) atoms. The molecule has 0 aliphatic heterocycles. The topological polar surface area (TPSA) is 98.6 Å².